The van der Waals surface area contributed by atoms with Gasteiger partial charge in [-0.3, -0.25) is 9.69 Å². The Kier molecular flexibility index (Phi) is 5.82. The maximum absolute atomic E-state index is 11.8. The maximum Gasteiger partial charge on any atom is 0.254 e. The van der Waals surface area contributed by atoms with Gasteiger partial charge in [-0.25, -0.2) is 0 Å². The van der Waals surface area contributed by atoms with Crippen LogP contribution in [0.2, 0.25) is 0 Å². The highest BCUT2D eigenvalue weighted by atomic mass is 16.5. The summed E-state index contributed by atoms with van der Waals surface area (Å²) in [6, 6.07) is 6.00. The monoisotopic (exact) mass is 251 g/mol. The number of para-hydroxylation sites is 1. The lowest BCUT2D eigenvalue weighted by molar-refractivity contribution is -0.122. The number of benzene rings is 1. The molecule has 0 unspecified atom stereocenters. The third-order valence-corrected chi connectivity index (χ3v) is 2.93. The number of hydrogen-bond donors (Lipinski definition) is 1. The molecule has 1 N–H and O–H groups in total. The molecule has 1 aromatic rings. The molecule has 4 heteroatoms. The lowest BCUT2D eigenvalue weighted by atomic mass is 10.0. The molecule has 4 nitrogen and oxygen atoms in total. The topological polar surface area (TPSA) is 49.8 Å². The Hall–Kier alpha value is -1.39. The van der Waals surface area contributed by atoms with Crippen molar-refractivity contribution in [2.24, 2.45) is 0 Å². The van der Waals surface area contributed by atoms with E-state index >= 15 is 0 Å². The molecule has 0 radical (unpaired) electrons. The minimum atomic E-state index is -0.509. The molecule has 0 fully saturated rings. The zero-order chi connectivity index (χ0) is 13.5. The van der Waals surface area contributed by atoms with Crippen molar-refractivity contribution >= 4 is 11.6 Å². The predicted molar refractivity (Wildman–Crippen MR) is 71.6 cm³/mol. The number of anilines is 1. The van der Waals surface area contributed by atoms with E-state index in [-0.39, 0.29) is 12.6 Å². The summed E-state index contributed by atoms with van der Waals surface area (Å²) >= 11 is 0. The van der Waals surface area contributed by atoms with Crippen LogP contribution in [0.3, 0.4) is 0 Å². The fourth-order valence-corrected chi connectivity index (χ4v) is 2.04. The lowest BCUT2D eigenvalue weighted by Gasteiger charge is -2.26. The molecule has 0 aromatic heterocycles. The van der Waals surface area contributed by atoms with Crippen molar-refractivity contribution in [3.05, 3.63) is 29.3 Å². The van der Waals surface area contributed by atoms with Gasteiger partial charge in [0.1, 0.15) is 13.3 Å². The van der Waals surface area contributed by atoms with E-state index in [9.17, 15) is 4.79 Å². The van der Waals surface area contributed by atoms with Crippen LogP contribution in [-0.2, 0) is 22.4 Å². The van der Waals surface area contributed by atoms with Crippen molar-refractivity contribution in [3.8, 4) is 0 Å². The predicted octanol–water partition coefficient (Wildman–Crippen LogP) is 1.74. The summed E-state index contributed by atoms with van der Waals surface area (Å²) in [5, 5.41) is 9.07. The maximum atomic E-state index is 11.8. The van der Waals surface area contributed by atoms with Crippen molar-refractivity contribution < 1.29 is 14.6 Å². The summed E-state index contributed by atoms with van der Waals surface area (Å²) in [5.41, 5.74) is 3.06. The molecule has 1 aromatic carbocycles. The molecule has 0 saturated heterocycles. The van der Waals surface area contributed by atoms with E-state index < -0.39 is 6.61 Å². The van der Waals surface area contributed by atoms with Gasteiger partial charge in [0.05, 0.1) is 5.69 Å². The highest BCUT2D eigenvalue weighted by Crippen LogP contribution is 2.27. The summed E-state index contributed by atoms with van der Waals surface area (Å²) in [7, 11) is 1.54. The van der Waals surface area contributed by atoms with Crippen LogP contribution in [-0.4, -0.2) is 31.5 Å². The Labute approximate surface area is 108 Å². The van der Waals surface area contributed by atoms with Gasteiger partial charge in [-0.1, -0.05) is 32.0 Å². The minimum Gasteiger partial charge on any atom is -0.387 e. The Bertz CT molecular complexity index is 382. The van der Waals surface area contributed by atoms with Crippen LogP contribution in [0.1, 0.15) is 25.0 Å². The smallest absolute Gasteiger partial charge is 0.254 e. The van der Waals surface area contributed by atoms with Crippen LogP contribution in [0.5, 0.6) is 0 Å². The molecular weight excluding hydrogens is 230 g/mol. The first-order valence-electron chi connectivity index (χ1n) is 6.20. The number of hydrogen-bond acceptors (Lipinski definition) is 3. The van der Waals surface area contributed by atoms with Gasteiger partial charge in [-0.15, -0.1) is 0 Å². The van der Waals surface area contributed by atoms with Crippen LogP contribution in [0.25, 0.3) is 0 Å². The van der Waals surface area contributed by atoms with Gasteiger partial charge in [-0.05, 0) is 24.0 Å². The zero-order valence-electron chi connectivity index (χ0n) is 11.3. The average Bonchev–Trinajstić information content (AvgIpc) is 2.43. The van der Waals surface area contributed by atoms with Crippen molar-refractivity contribution in [2.75, 3.05) is 25.3 Å². The first-order valence-corrected chi connectivity index (χ1v) is 6.20. The van der Waals surface area contributed by atoms with E-state index in [2.05, 4.69) is 0 Å². The third-order valence-electron chi connectivity index (χ3n) is 2.93. The Morgan fingerprint density at radius 3 is 2.22 bits per heavy atom. The van der Waals surface area contributed by atoms with Gasteiger partial charge < -0.3 is 9.84 Å². The van der Waals surface area contributed by atoms with Crippen LogP contribution in [0.4, 0.5) is 5.69 Å². The highest BCUT2D eigenvalue weighted by Gasteiger charge is 2.19. The molecule has 0 aliphatic heterocycles. The first kappa shape index (κ1) is 14.7. The van der Waals surface area contributed by atoms with Crippen LogP contribution in [0.15, 0.2) is 18.2 Å². The largest absolute Gasteiger partial charge is 0.387 e. The molecule has 100 valence electrons. The van der Waals surface area contributed by atoms with Crippen LogP contribution in [0, 0.1) is 0 Å². The van der Waals surface area contributed by atoms with E-state index in [1.807, 2.05) is 32.0 Å². The van der Waals surface area contributed by atoms with Gasteiger partial charge in [0, 0.05) is 7.11 Å². The van der Waals surface area contributed by atoms with Crippen molar-refractivity contribution in [3.63, 3.8) is 0 Å². The Morgan fingerprint density at radius 2 is 1.83 bits per heavy atom. The van der Waals surface area contributed by atoms with Crippen molar-refractivity contribution in [2.45, 2.75) is 26.7 Å². The summed E-state index contributed by atoms with van der Waals surface area (Å²) in [6.45, 7) is 3.74. The molecule has 0 heterocycles. The van der Waals surface area contributed by atoms with Gasteiger partial charge in [-0.2, -0.15) is 0 Å². The number of aliphatic hydroxyl groups is 1. The summed E-state index contributed by atoms with van der Waals surface area (Å²) in [4.78, 5) is 13.3. The van der Waals surface area contributed by atoms with Crippen LogP contribution < -0.4 is 4.90 Å². The van der Waals surface area contributed by atoms with E-state index in [0.29, 0.717) is 0 Å². The molecular formula is C14H21NO3. The molecule has 0 aliphatic rings. The number of carbonyl (C=O) groups is 1. The SMILES string of the molecule is CCc1cccc(CC)c1N(COC)C(=O)CO. The van der Waals surface area contributed by atoms with Crippen molar-refractivity contribution in [1.82, 2.24) is 0 Å². The molecule has 0 atom stereocenters. The fraction of sp³-hybridized carbons (Fsp3) is 0.500. The number of rotatable bonds is 6. The number of ether oxygens (including phenoxy) is 1. The number of methoxy groups -OCH3 is 1. The highest BCUT2D eigenvalue weighted by molar-refractivity contribution is 5.95. The number of amides is 1. The van der Waals surface area contributed by atoms with E-state index in [1.165, 1.54) is 12.0 Å². The van der Waals surface area contributed by atoms with Gasteiger partial charge in [0.2, 0.25) is 0 Å². The van der Waals surface area contributed by atoms with E-state index in [0.717, 1.165) is 29.7 Å². The molecule has 0 saturated carbocycles. The molecule has 18 heavy (non-hydrogen) atoms. The second-order valence-electron chi connectivity index (χ2n) is 4.03. The van der Waals surface area contributed by atoms with Gasteiger partial charge >= 0.3 is 0 Å². The lowest BCUT2D eigenvalue weighted by Crippen LogP contribution is -2.36. The van der Waals surface area contributed by atoms with Crippen molar-refractivity contribution in [1.29, 1.82) is 0 Å². The molecule has 0 bridgehead atoms. The second kappa shape index (κ2) is 7.13. The summed E-state index contributed by atoms with van der Waals surface area (Å²) in [6.07, 6.45) is 1.67. The minimum absolute atomic E-state index is 0.156. The molecule has 0 aliphatic carbocycles. The molecule has 0 spiro atoms. The summed E-state index contributed by atoms with van der Waals surface area (Å²) in [5.74, 6) is -0.340. The standard InChI is InChI=1S/C14H21NO3/c1-4-11-7-6-8-12(5-2)14(11)15(10-18-3)13(17)9-16/h6-8,16H,4-5,9-10H2,1-3H3. The first-order chi connectivity index (χ1) is 8.69. The van der Waals surface area contributed by atoms with Crippen LogP contribution >= 0.6 is 0 Å². The summed E-state index contributed by atoms with van der Waals surface area (Å²) < 4.78 is 5.07. The molecule has 1 amide bonds. The normalized spacial score (nSPS) is 10.4. The Balaban J connectivity index is 3.28. The quantitative estimate of drug-likeness (QED) is 0.783. The zero-order valence-corrected chi connectivity index (χ0v) is 11.3. The van der Waals surface area contributed by atoms with E-state index in [4.69, 9.17) is 9.84 Å². The molecule has 1 rings (SSSR count). The van der Waals surface area contributed by atoms with E-state index in [1.54, 1.807) is 0 Å². The Morgan fingerprint density at radius 1 is 1.28 bits per heavy atom. The number of aryl methyl sites for hydroxylation is 2. The third kappa shape index (κ3) is 3.09. The second-order valence-corrected chi connectivity index (χ2v) is 4.03. The average molecular weight is 251 g/mol. The van der Waals surface area contributed by atoms with Gasteiger partial charge in [0.25, 0.3) is 5.91 Å². The van der Waals surface area contributed by atoms with Gasteiger partial charge in [0.15, 0.2) is 0 Å². The number of aliphatic hydroxyl groups excluding tert-OH is 1. The number of carbonyl (C=O) groups excluding carboxylic acids is 1. The number of nitrogens with zero attached hydrogens (tertiary/aromatic N) is 1. The fourth-order valence-electron chi connectivity index (χ4n) is 2.04.